The number of hydrogen-bond acceptors (Lipinski definition) is 7. The molecule has 0 N–H and O–H groups in total. The third-order valence-electron chi connectivity index (χ3n) is 5.96. The Morgan fingerprint density at radius 1 is 0.842 bits per heavy atom. The molecule has 0 aliphatic rings. The molecule has 0 fully saturated rings. The minimum Gasteiger partial charge on any atom is -0.493 e. The molecule has 0 radical (unpaired) electrons. The van der Waals surface area contributed by atoms with Gasteiger partial charge >= 0.3 is 0 Å². The molecule has 0 saturated carbocycles. The highest BCUT2D eigenvalue weighted by Crippen LogP contribution is 2.28. The van der Waals surface area contributed by atoms with Gasteiger partial charge in [0.25, 0.3) is 5.91 Å². The standard InChI is InChI=1S/C29H36N2O6S/c1-34-17-8-15-30(29(33)22-37-24-9-5-4-6-10-24)21-28(32)31(20-25-11-7-18-38-25)16-14-23-12-13-26(35-2)27(19-23)36-3/h4-7,9-13,18-19H,8,14-17,20-22H2,1-3H3. The largest absolute Gasteiger partial charge is 0.493 e. The molecule has 0 saturated heterocycles. The lowest BCUT2D eigenvalue weighted by atomic mass is 10.1. The first-order valence-electron chi connectivity index (χ1n) is 12.5. The van der Waals surface area contributed by atoms with E-state index in [1.165, 1.54) is 0 Å². The van der Waals surface area contributed by atoms with Crippen molar-refractivity contribution in [2.45, 2.75) is 19.4 Å². The van der Waals surface area contributed by atoms with Crippen molar-refractivity contribution in [2.75, 3.05) is 54.2 Å². The Balaban J connectivity index is 1.69. The lowest BCUT2D eigenvalue weighted by Gasteiger charge is -2.28. The van der Waals surface area contributed by atoms with E-state index >= 15 is 0 Å². The quantitative estimate of drug-likeness (QED) is 0.253. The van der Waals surface area contributed by atoms with Gasteiger partial charge in [0.05, 0.1) is 27.3 Å². The van der Waals surface area contributed by atoms with Crippen LogP contribution in [0.5, 0.6) is 17.2 Å². The van der Waals surface area contributed by atoms with Crippen molar-refractivity contribution in [3.8, 4) is 17.2 Å². The predicted octanol–water partition coefficient (Wildman–Crippen LogP) is 4.28. The number of methoxy groups -OCH3 is 3. The summed E-state index contributed by atoms with van der Waals surface area (Å²) in [5.41, 5.74) is 1.02. The second-order valence-electron chi connectivity index (χ2n) is 8.60. The van der Waals surface area contributed by atoms with Crippen molar-refractivity contribution in [2.24, 2.45) is 0 Å². The fourth-order valence-electron chi connectivity index (χ4n) is 3.89. The molecule has 1 heterocycles. The van der Waals surface area contributed by atoms with Gasteiger partial charge in [-0.15, -0.1) is 11.3 Å². The Morgan fingerprint density at radius 2 is 1.63 bits per heavy atom. The molecule has 0 aliphatic heterocycles. The third-order valence-corrected chi connectivity index (χ3v) is 6.82. The van der Waals surface area contributed by atoms with Gasteiger partial charge in [-0.1, -0.05) is 30.3 Å². The number of ether oxygens (including phenoxy) is 4. The summed E-state index contributed by atoms with van der Waals surface area (Å²) in [5, 5.41) is 1.99. The highest BCUT2D eigenvalue weighted by atomic mass is 32.1. The lowest BCUT2D eigenvalue weighted by molar-refractivity contribution is -0.142. The molecule has 1 aromatic heterocycles. The molecule has 2 aromatic carbocycles. The van der Waals surface area contributed by atoms with Gasteiger partial charge < -0.3 is 28.7 Å². The number of para-hydroxylation sites is 1. The van der Waals surface area contributed by atoms with E-state index in [0.717, 1.165) is 10.4 Å². The summed E-state index contributed by atoms with van der Waals surface area (Å²) in [6, 6.07) is 18.9. The van der Waals surface area contributed by atoms with Crippen LogP contribution in [-0.4, -0.2) is 75.8 Å². The van der Waals surface area contributed by atoms with Crippen molar-refractivity contribution in [3.63, 3.8) is 0 Å². The van der Waals surface area contributed by atoms with Crippen molar-refractivity contribution in [3.05, 3.63) is 76.5 Å². The van der Waals surface area contributed by atoms with Gasteiger partial charge in [-0.3, -0.25) is 9.59 Å². The molecule has 0 atom stereocenters. The van der Waals surface area contributed by atoms with Gasteiger partial charge in [0.2, 0.25) is 5.91 Å². The van der Waals surface area contributed by atoms with Crippen LogP contribution < -0.4 is 14.2 Å². The first-order valence-corrected chi connectivity index (χ1v) is 13.4. The number of benzene rings is 2. The lowest BCUT2D eigenvalue weighted by Crippen LogP contribution is -2.45. The number of carbonyl (C=O) groups is 2. The van der Waals surface area contributed by atoms with E-state index in [1.54, 1.807) is 54.6 Å². The number of rotatable bonds is 16. The van der Waals surface area contributed by atoms with Crippen molar-refractivity contribution >= 4 is 23.2 Å². The van der Waals surface area contributed by atoms with E-state index in [4.69, 9.17) is 18.9 Å². The molecule has 0 unspecified atom stereocenters. The van der Waals surface area contributed by atoms with Crippen LogP contribution in [0.25, 0.3) is 0 Å². The zero-order valence-electron chi connectivity index (χ0n) is 22.3. The van der Waals surface area contributed by atoms with Gasteiger partial charge in [-0.05, 0) is 54.1 Å². The predicted molar refractivity (Wildman–Crippen MR) is 148 cm³/mol. The Labute approximate surface area is 228 Å². The zero-order valence-corrected chi connectivity index (χ0v) is 23.1. The maximum Gasteiger partial charge on any atom is 0.260 e. The maximum absolute atomic E-state index is 13.6. The Bertz CT molecular complexity index is 1120. The summed E-state index contributed by atoms with van der Waals surface area (Å²) in [6.45, 7) is 1.70. The Kier molecular flexibility index (Phi) is 11.9. The molecule has 2 amide bonds. The van der Waals surface area contributed by atoms with Crippen LogP contribution in [0.2, 0.25) is 0 Å². The number of hydrogen-bond donors (Lipinski definition) is 0. The number of carbonyl (C=O) groups excluding carboxylic acids is 2. The average Bonchev–Trinajstić information content (AvgIpc) is 3.47. The van der Waals surface area contributed by atoms with E-state index in [0.29, 0.717) is 56.3 Å². The second-order valence-corrected chi connectivity index (χ2v) is 9.63. The topological polar surface area (TPSA) is 77.5 Å². The van der Waals surface area contributed by atoms with Crippen molar-refractivity contribution in [1.82, 2.24) is 9.80 Å². The smallest absolute Gasteiger partial charge is 0.260 e. The van der Waals surface area contributed by atoms with Gasteiger partial charge in [-0.25, -0.2) is 0 Å². The van der Waals surface area contributed by atoms with Crippen molar-refractivity contribution in [1.29, 1.82) is 0 Å². The van der Waals surface area contributed by atoms with Crippen LogP contribution in [0, 0.1) is 0 Å². The maximum atomic E-state index is 13.6. The molecule has 0 aliphatic carbocycles. The molecule has 204 valence electrons. The molecule has 3 rings (SSSR count). The van der Waals surface area contributed by atoms with E-state index in [-0.39, 0.29) is 25.0 Å². The summed E-state index contributed by atoms with van der Waals surface area (Å²) in [4.78, 5) is 31.1. The summed E-state index contributed by atoms with van der Waals surface area (Å²) >= 11 is 1.60. The number of nitrogens with zero attached hydrogens (tertiary/aromatic N) is 2. The van der Waals surface area contributed by atoms with E-state index < -0.39 is 0 Å². The van der Waals surface area contributed by atoms with Gasteiger partial charge in [0, 0.05) is 31.7 Å². The Morgan fingerprint density at radius 3 is 2.32 bits per heavy atom. The third kappa shape index (κ3) is 9.08. The van der Waals surface area contributed by atoms with Crippen molar-refractivity contribution < 1.29 is 28.5 Å². The molecule has 3 aromatic rings. The van der Waals surface area contributed by atoms with Crippen LogP contribution in [0.15, 0.2) is 66.0 Å². The van der Waals surface area contributed by atoms with Gasteiger partial charge in [0.15, 0.2) is 18.1 Å². The van der Waals surface area contributed by atoms with Crippen LogP contribution >= 0.6 is 11.3 Å². The normalized spacial score (nSPS) is 10.6. The molecule has 9 heteroatoms. The fourth-order valence-corrected chi connectivity index (χ4v) is 4.61. The highest BCUT2D eigenvalue weighted by molar-refractivity contribution is 7.09. The second kappa shape index (κ2) is 15.6. The highest BCUT2D eigenvalue weighted by Gasteiger charge is 2.22. The monoisotopic (exact) mass is 540 g/mol. The first-order chi connectivity index (χ1) is 18.5. The molecular weight excluding hydrogens is 504 g/mol. The first kappa shape index (κ1) is 29.0. The zero-order chi connectivity index (χ0) is 27.2. The summed E-state index contributed by atoms with van der Waals surface area (Å²) in [6.07, 6.45) is 1.25. The fraction of sp³-hybridized carbons (Fsp3) is 0.379. The van der Waals surface area contributed by atoms with E-state index in [9.17, 15) is 9.59 Å². The van der Waals surface area contributed by atoms with Gasteiger partial charge in [0.1, 0.15) is 5.75 Å². The summed E-state index contributed by atoms with van der Waals surface area (Å²) < 4.78 is 21.6. The number of thiophene rings is 1. The van der Waals surface area contributed by atoms with E-state index in [2.05, 4.69) is 0 Å². The average molecular weight is 541 g/mol. The van der Waals surface area contributed by atoms with Crippen LogP contribution in [0.1, 0.15) is 16.9 Å². The molecule has 38 heavy (non-hydrogen) atoms. The minimum absolute atomic E-state index is 0.0298. The number of amides is 2. The summed E-state index contributed by atoms with van der Waals surface area (Å²) in [7, 11) is 4.82. The molecule has 8 nitrogen and oxygen atoms in total. The van der Waals surface area contributed by atoms with Crippen LogP contribution in [-0.2, 0) is 27.3 Å². The van der Waals surface area contributed by atoms with Gasteiger partial charge in [-0.2, -0.15) is 0 Å². The SMILES string of the molecule is COCCCN(CC(=O)N(CCc1ccc(OC)c(OC)c1)Cc1cccs1)C(=O)COc1ccccc1. The van der Waals surface area contributed by atoms with Crippen LogP contribution in [0.4, 0.5) is 0 Å². The Hall–Kier alpha value is -3.56. The molecule has 0 bridgehead atoms. The summed E-state index contributed by atoms with van der Waals surface area (Å²) in [5.74, 6) is 1.55. The van der Waals surface area contributed by atoms with E-state index in [1.807, 2.05) is 53.9 Å². The minimum atomic E-state index is -0.241. The molecule has 0 spiro atoms. The molecular formula is C29H36N2O6S. The van der Waals surface area contributed by atoms with Crippen LogP contribution in [0.3, 0.4) is 0 Å².